The first kappa shape index (κ1) is 14.3. The van der Waals surface area contributed by atoms with E-state index in [1.54, 1.807) is 0 Å². The number of aryl methyl sites for hydroxylation is 1. The molecule has 0 bridgehead atoms. The highest BCUT2D eigenvalue weighted by Gasteiger charge is 2.17. The van der Waals surface area contributed by atoms with Crippen LogP contribution < -0.4 is 5.56 Å². The lowest BCUT2D eigenvalue weighted by molar-refractivity contribution is 0.298. The van der Waals surface area contributed by atoms with Gasteiger partial charge in [-0.3, -0.25) is 4.79 Å². The second-order valence-electron chi connectivity index (χ2n) is 5.53. The Bertz CT molecular complexity index is 460. The molecule has 4 heteroatoms. The quantitative estimate of drug-likeness (QED) is 0.881. The number of hydrogen-bond donors (Lipinski definition) is 2. The number of nitrogens with zero attached hydrogens (tertiary/aromatic N) is 1. The van der Waals surface area contributed by atoms with Crippen LogP contribution in [0.1, 0.15) is 67.9 Å². The van der Waals surface area contributed by atoms with E-state index in [-0.39, 0.29) is 12.2 Å². The van der Waals surface area contributed by atoms with Crippen LogP contribution >= 0.6 is 0 Å². The van der Waals surface area contributed by atoms with Crippen molar-refractivity contribution < 1.29 is 5.11 Å². The summed E-state index contributed by atoms with van der Waals surface area (Å²) in [5.41, 5.74) is 1.32. The number of aliphatic hydroxyl groups is 1. The van der Waals surface area contributed by atoms with Gasteiger partial charge in [-0.2, -0.15) is 0 Å². The minimum Gasteiger partial charge on any atom is -0.396 e. The third kappa shape index (κ3) is 3.66. The van der Waals surface area contributed by atoms with E-state index >= 15 is 0 Å². The number of aliphatic hydroxyl groups excluding tert-OH is 1. The molecule has 0 amide bonds. The minimum atomic E-state index is -0.0707. The van der Waals surface area contributed by atoms with E-state index in [0.29, 0.717) is 17.9 Å². The van der Waals surface area contributed by atoms with Crippen molar-refractivity contribution >= 4 is 0 Å². The Hall–Kier alpha value is -1.16. The third-order valence-corrected chi connectivity index (χ3v) is 4.09. The predicted molar refractivity (Wildman–Crippen MR) is 75.4 cm³/mol. The molecule has 0 unspecified atom stereocenters. The molecule has 0 spiro atoms. The fourth-order valence-electron chi connectivity index (χ4n) is 2.96. The molecule has 4 nitrogen and oxygen atoms in total. The van der Waals surface area contributed by atoms with Gasteiger partial charge in [0, 0.05) is 30.2 Å². The number of rotatable bonds is 3. The van der Waals surface area contributed by atoms with E-state index in [4.69, 9.17) is 5.11 Å². The summed E-state index contributed by atoms with van der Waals surface area (Å²) in [6.45, 7) is 1.86. The lowest BCUT2D eigenvalue weighted by Crippen LogP contribution is -2.22. The standard InChI is InChI=1S/C15H24N2O2/c1-11-13(9-10-18)15(19)17-14(16-11)12-7-5-3-2-4-6-8-12/h12,18H,2-10H2,1H3,(H,16,17,19). The normalized spacial score (nSPS) is 18.0. The van der Waals surface area contributed by atoms with Crippen molar-refractivity contribution in [2.24, 2.45) is 0 Å². The second-order valence-corrected chi connectivity index (χ2v) is 5.53. The van der Waals surface area contributed by atoms with E-state index in [1.807, 2.05) is 6.92 Å². The van der Waals surface area contributed by atoms with Crippen molar-refractivity contribution in [3.8, 4) is 0 Å². The highest BCUT2D eigenvalue weighted by Crippen LogP contribution is 2.28. The molecule has 0 saturated heterocycles. The zero-order valence-electron chi connectivity index (χ0n) is 11.7. The minimum absolute atomic E-state index is 0.00558. The molecule has 0 aromatic carbocycles. The van der Waals surface area contributed by atoms with E-state index in [0.717, 1.165) is 24.4 Å². The van der Waals surface area contributed by atoms with Crippen LogP contribution in [-0.4, -0.2) is 21.7 Å². The highest BCUT2D eigenvalue weighted by molar-refractivity contribution is 5.18. The first-order valence-electron chi connectivity index (χ1n) is 7.43. The van der Waals surface area contributed by atoms with Gasteiger partial charge in [-0.1, -0.05) is 32.1 Å². The molecule has 1 aromatic rings. The van der Waals surface area contributed by atoms with Crippen LogP contribution in [0.2, 0.25) is 0 Å². The van der Waals surface area contributed by atoms with Crippen molar-refractivity contribution in [1.29, 1.82) is 0 Å². The lowest BCUT2D eigenvalue weighted by atomic mass is 9.90. The molecule has 0 atom stereocenters. The summed E-state index contributed by atoms with van der Waals surface area (Å²) < 4.78 is 0. The van der Waals surface area contributed by atoms with E-state index in [1.165, 1.54) is 32.1 Å². The van der Waals surface area contributed by atoms with Crippen LogP contribution in [-0.2, 0) is 6.42 Å². The summed E-state index contributed by atoms with van der Waals surface area (Å²) in [5.74, 6) is 1.25. The first-order valence-corrected chi connectivity index (χ1v) is 7.43. The van der Waals surface area contributed by atoms with Gasteiger partial charge in [-0.15, -0.1) is 0 Å². The van der Waals surface area contributed by atoms with Crippen molar-refractivity contribution in [3.05, 3.63) is 27.4 Å². The summed E-state index contributed by atoms with van der Waals surface area (Å²) in [6.07, 6.45) is 9.02. The third-order valence-electron chi connectivity index (χ3n) is 4.09. The SMILES string of the molecule is Cc1nc(C2CCCCCCC2)[nH]c(=O)c1CCO. The molecular formula is C15H24N2O2. The Morgan fingerprint density at radius 1 is 1.21 bits per heavy atom. The molecule has 1 fully saturated rings. The summed E-state index contributed by atoms with van der Waals surface area (Å²) in [6, 6.07) is 0. The maximum Gasteiger partial charge on any atom is 0.254 e. The van der Waals surface area contributed by atoms with E-state index in [2.05, 4.69) is 9.97 Å². The van der Waals surface area contributed by atoms with Gasteiger partial charge in [0.25, 0.3) is 5.56 Å². The zero-order valence-corrected chi connectivity index (χ0v) is 11.7. The monoisotopic (exact) mass is 264 g/mol. The summed E-state index contributed by atoms with van der Waals surface area (Å²) in [7, 11) is 0. The summed E-state index contributed by atoms with van der Waals surface area (Å²) >= 11 is 0. The van der Waals surface area contributed by atoms with Gasteiger partial charge in [0.1, 0.15) is 5.82 Å². The van der Waals surface area contributed by atoms with Gasteiger partial charge in [-0.05, 0) is 19.8 Å². The molecule has 1 aromatic heterocycles. The van der Waals surface area contributed by atoms with Crippen LogP contribution in [0.5, 0.6) is 0 Å². The van der Waals surface area contributed by atoms with Gasteiger partial charge in [0.2, 0.25) is 0 Å². The van der Waals surface area contributed by atoms with Gasteiger partial charge in [0.15, 0.2) is 0 Å². The molecule has 106 valence electrons. The van der Waals surface area contributed by atoms with Crippen LogP contribution in [0.3, 0.4) is 0 Å². The fraction of sp³-hybridized carbons (Fsp3) is 0.733. The summed E-state index contributed by atoms with van der Waals surface area (Å²) in [4.78, 5) is 19.6. The van der Waals surface area contributed by atoms with Crippen LogP contribution in [0.4, 0.5) is 0 Å². The van der Waals surface area contributed by atoms with E-state index in [9.17, 15) is 4.79 Å². The molecule has 2 N–H and O–H groups in total. The smallest absolute Gasteiger partial charge is 0.254 e. The molecule has 1 saturated carbocycles. The number of nitrogens with one attached hydrogen (secondary N) is 1. The average Bonchev–Trinajstić information content (AvgIpc) is 2.33. The van der Waals surface area contributed by atoms with E-state index < -0.39 is 0 Å². The molecule has 1 heterocycles. The molecule has 0 aliphatic heterocycles. The molecule has 19 heavy (non-hydrogen) atoms. The molecule has 0 radical (unpaired) electrons. The van der Waals surface area contributed by atoms with Crippen molar-refractivity contribution in [3.63, 3.8) is 0 Å². The van der Waals surface area contributed by atoms with Gasteiger partial charge < -0.3 is 10.1 Å². The number of aromatic amines is 1. The van der Waals surface area contributed by atoms with Gasteiger partial charge >= 0.3 is 0 Å². The fourth-order valence-corrected chi connectivity index (χ4v) is 2.96. The Morgan fingerprint density at radius 2 is 1.84 bits per heavy atom. The topological polar surface area (TPSA) is 66.0 Å². The lowest BCUT2D eigenvalue weighted by Gasteiger charge is -2.19. The number of hydrogen-bond acceptors (Lipinski definition) is 3. The number of H-pyrrole nitrogens is 1. The summed E-state index contributed by atoms with van der Waals surface area (Å²) in [5, 5.41) is 8.97. The van der Waals surface area contributed by atoms with Crippen LogP contribution in [0, 0.1) is 6.92 Å². The first-order chi connectivity index (χ1) is 9.22. The molecular weight excluding hydrogens is 240 g/mol. The molecule has 1 aliphatic carbocycles. The molecule has 1 aliphatic rings. The largest absolute Gasteiger partial charge is 0.396 e. The predicted octanol–water partition coefficient (Wildman–Crippen LogP) is 2.44. The zero-order chi connectivity index (χ0) is 13.7. The Morgan fingerprint density at radius 3 is 2.42 bits per heavy atom. The van der Waals surface area contributed by atoms with Crippen LogP contribution in [0.15, 0.2) is 4.79 Å². The highest BCUT2D eigenvalue weighted by atomic mass is 16.3. The second kappa shape index (κ2) is 6.85. The maximum atomic E-state index is 12.0. The van der Waals surface area contributed by atoms with Gasteiger partial charge in [-0.25, -0.2) is 4.98 Å². The van der Waals surface area contributed by atoms with Gasteiger partial charge in [0.05, 0.1) is 0 Å². The Kier molecular flexibility index (Phi) is 5.14. The Balaban J connectivity index is 2.21. The van der Waals surface area contributed by atoms with Crippen molar-refractivity contribution in [2.75, 3.05) is 6.61 Å². The van der Waals surface area contributed by atoms with Crippen molar-refractivity contribution in [2.45, 2.75) is 64.2 Å². The van der Waals surface area contributed by atoms with Crippen LogP contribution in [0.25, 0.3) is 0 Å². The number of aromatic nitrogens is 2. The van der Waals surface area contributed by atoms with Crippen molar-refractivity contribution in [1.82, 2.24) is 9.97 Å². The average molecular weight is 264 g/mol. The molecule has 2 rings (SSSR count). The maximum absolute atomic E-state index is 12.0. The Labute approximate surface area is 114 Å².